The fourth-order valence-electron chi connectivity index (χ4n) is 2.90. The Balaban J connectivity index is 2.91. The molecule has 2 unspecified atom stereocenters. The number of rotatable bonds is 0. The smallest absolute Gasteiger partial charge is 0.129 e. The second-order valence-corrected chi connectivity index (χ2v) is 4.83. The zero-order valence-electron chi connectivity index (χ0n) is 10.4. The van der Waals surface area contributed by atoms with Gasteiger partial charge in [0, 0.05) is 0 Å². The number of hydrogen-bond acceptors (Lipinski definition) is 4. The maximum Gasteiger partial charge on any atom is 0.129 e. The molecule has 4 heteroatoms. The van der Waals surface area contributed by atoms with Gasteiger partial charge in [0.25, 0.3) is 0 Å². The third kappa shape index (κ3) is 1.39. The van der Waals surface area contributed by atoms with Crippen LogP contribution < -0.4 is 0 Å². The van der Waals surface area contributed by atoms with Gasteiger partial charge in [-0.25, -0.2) is 9.59 Å². The van der Waals surface area contributed by atoms with Crippen molar-refractivity contribution in [2.24, 2.45) is 10.8 Å². The molecule has 2 atom stereocenters. The fraction of sp³-hybridized carbons (Fsp3) is 0.333. The molecule has 0 saturated carbocycles. The summed E-state index contributed by atoms with van der Waals surface area (Å²) >= 11 is 0. The maximum absolute atomic E-state index is 11.1. The molecule has 92 valence electrons. The van der Waals surface area contributed by atoms with Gasteiger partial charge in [0.15, 0.2) is 0 Å². The minimum Gasteiger partial charge on any atom is -0.233 e. The Labute approximate surface area is 110 Å². The molecule has 0 aromatic heterocycles. The third-order valence-corrected chi connectivity index (χ3v) is 3.97. The molecule has 4 nitrogen and oxygen atoms in total. The maximum atomic E-state index is 11.1. The van der Waals surface area contributed by atoms with Crippen LogP contribution in [0, 0.1) is 33.5 Å². The highest BCUT2D eigenvalue weighted by Gasteiger charge is 2.60. The number of nitriles is 2. The van der Waals surface area contributed by atoms with E-state index in [4.69, 9.17) is 0 Å². The standard InChI is InChI=1S/C15H10N2O2/c1-11-4-5-14(9-16)12(7-18)2-3-13(8-19)15(14,6-11)10-17/h2-4H,5-6H2,1H3. The molecule has 0 bridgehead atoms. The normalized spacial score (nSPS) is 32.3. The van der Waals surface area contributed by atoms with Crippen LogP contribution in [0.2, 0.25) is 0 Å². The topological polar surface area (TPSA) is 81.7 Å². The van der Waals surface area contributed by atoms with E-state index in [2.05, 4.69) is 12.1 Å². The highest BCUT2D eigenvalue weighted by Crippen LogP contribution is 2.59. The van der Waals surface area contributed by atoms with Crippen molar-refractivity contribution in [3.63, 3.8) is 0 Å². The van der Waals surface area contributed by atoms with E-state index < -0.39 is 10.8 Å². The Morgan fingerprint density at radius 3 is 2.05 bits per heavy atom. The average molecular weight is 250 g/mol. The molecule has 0 aromatic rings. The quantitative estimate of drug-likeness (QED) is 0.485. The zero-order chi connectivity index (χ0) is 14.1. The van der Waals surface area contributed by atoms with Crippen molar-refractivity contribution in [3.8, 4) is 12.1 Å². The molecule has 0 saturated heterocycles. The summed E-state index contributed by atoms with van der Waals surface area (Å²) in [6, 6.07) is 4.17. The molecule has 0 heterocycles. The Morgan fingerprint density at radius 2 is 1.58 bits per heavy atom. The Kier molecular flexibility index (Phi) is 2.85. The average Bonchev–Trinajstić information content (AvgIpc) is 2.45. The van der Waals surface area contributed by atoms with Gasteiger partial charge in [-0.2, -0.15) is 10.5 Å². The van der Waals surface area contributed by atoms with Crippen molar-refractivity contribution in [1.82, 2.24) is 0 Å². The van der Waals surface area contributed by atoms with Crippen LogP contribution in [0.3, 0.4) is 0 Å². The summed E-state index contributed by atoms with van der Waals surface area (Å²) < 4.78 is 0. The molecule has 2 aliphatic rings. The summed E-state index contributed by atoms with van der Waals surface area (Å²) in [5, 5.41) is 19.2. The molecular formula is C15H10N2O2. The van der Waals surface area contributed by atoms with Crippen molar-refractivity contribution >= 4 is 11.9 Å². The molecule has 0 spiro atoms. The summed E-state index contributed by atoms with van der Waals surface area (Å²) in [5.74, 6) is 3.50. The van der Waals surface area contributed by atoms with Gasteiger partial charge in [-0.05, 0) is 31.9 Å². The molecular weight excluding hydrogens is 240 g/mol. The van der Waals surface area contributed by atoms with Gasteiger partial charge in [0.1, 0.15) is 22.7 Å². The van der Waals surface area contributed by atoms with Crippen LogP contribution in [-0.4, -0.2) is 11.9 Å². The van der Waals surface area contributed by atoms with E-state index in [0.29, 0.717) is 0 Å². The molecule has 19 heavy (non-hydrogen) atoms. The highest BCUT2D eigenvalue weighted by atomic mass is 16.1. The van der Waals surface area contributed by atoms with Crippen LogP contribution >= 0.6 is 0 Å². The number of fused-ring (bicyclic) bond motifs is 1. The van der Waals surface area contributed by atoms with E-state index in [9.17, 15) is 20.1 Å². The first-order chi connectivity index (χ1) is 9.10. The molecule has 0 amide bonds. The van der Waals surface area contributed by atoms with Gasteiger partial charge >= 0.3 is 0 Å². The summed E-state index contributed by atoms with van der Waals surface area (Å²) in [6.45, 7) is 1.84. The van der Waals surface area contributed by atoms with Gasteiger partial charge in [0.2, 0.25) is 0 Å². The zero-order valence-corrected chi connectivity index (χ0v) is 10.4. The van der Waals surface area contributed by atoms with E-state index in [1.54, 1.807) is 11.9 Å². The van der Waals surface area contributed by atoms with Crippen LogP contribution in [0.5, 0.6) is 0 Å². The highest BCUT2D eigenvalue weighted by molar-refractivity contribution is 5.74. The van der Waals surface area contributed by atoms with Crippen LogP contribution in [-0.2, 0) is 9.59 Å². The van der Waals surface area contributed by atoms with Gasteiger partial charge < -0.3 is 0 Å². The lowest BCUT2D eigenvalue weighted by atomic mass is 9.50. The summed E-state index contributed by atoms with van der Waals surface area (Å²) in [4.78, 5) is 22.2. The molecule has 0 fully saturated rings. The number of hydrogen-bond donors (Lipinski definition) is 0. The Bertz CT molecular complexity index is 689. The van der Waals surface area contributed by atoms with Crippen molar-refractivity contribution in [3.05, 3.63) is 34.9 Å². The SMILES string of the molecule is CC1=CCC2(C#N)C(=C=O)C=CC(=C=O)C2(C#N)C1. The van der Waals surface area contributed by atoms with E-state index in [0.717, 1.165) is 5.57 Å². The van der Waals surface area contributed by atoms with E-state index in [1.807, 2.05) is 13.0 Å². The number of nitrogens with zero attached hydrogens (tertiary/aromatic N) is 2. The van der Waals surface area contributed by atoms with E-state index >= 15 is 0 Å². The summed E-state index contributed by atoms with van der Waals surface area (Å²) in [7, 11) is 0. The lowest BCUT2D eigenvalue weighted by Crippen LogP contribution is -2.46. The molecule has 0 N–H and O–H groups in total. The minimum absolute atomic E-state index is 0.124. The van der Waals surface area contributed by atoms with E-state index in [-0.39, 0.29) is 24.0 Å². The first-order valence-electron chi connectivity index (χ1n) is 5.77. The predicted octanol–water partition coefficient (Wildman–Crippen LogP) is 1.83. The first-order valence-corrected chi connectivity index (χ1v) is 5.77. The number of allylic oxidation sites excluding steroid dienone is 6. The molecule has 2 aliphatic carbocycles. The molecule has 0 radical (unpaired) electrons. The molecule has 0 aliphatic heterocycles. The van der Waals surface area contributed by atoms with Gasteiger partial charge in [-0.3, -0.25) is 0 Å². The molecule has 2 rings (SSSR count). The summed E-state index contributed by atoms with van der Waals surface area (Å²) in [6.07, 6.45) is 5.09. The van der Waals surface area contributed by atoms with Crippen molar-refractivity contribution in [2.75, 3.05) is 0 Å². The van der Waals surface area contributed by atoms with Crippen LogP contribution in [0.25, 0.3) is 0 Å². The van der Waals surface area contributed by atoms with E-state index in [1.165, 1.54) is 12.2 Å². The van der Waals surface area contributed by atoms with Gasteiger partial charge in [-0.1, -0.05) is 11.6 Å². The van der Waals surface area contributed by atoms with Crippen LogP contribution in [0.4, 0.5) is 0 Å². The van der Waals surface area contributed by atoms with Gasteiger partial charge in [-0.15, -0.1) is 0 Å². The second-order valence-electron chi connectivity index (χ2n) is 4.83. The monoisotopic (exact) mass is 250 g/mol. The summed E-state index contributed by atoms with van der Waals surface area (Å²) in [5.41, 5.74) is -1.52. The van der Waals surface area contributed by atoms with Crippen molar-refractivity contribution < 1.29 is 9.59 Å². The third-order valence-electron chi connectivity index (χ3n) is 3.97. The predicted molar refractivity (Wildman–Crippen MR) is 66.6 cm³/mol. The van der Waals surface area contributed by atoms with Crippen LogP contribution in [0.1, 0.15) is 19.8 Å². The second kappa shape index (κ2) is 4.23. The van der Waals surface area contributed by atoms with Crippen LogP contribution in [0.15, 0.2) is 34.9 Å². The first kappa shape index (κ1) is 12.8. The largest absolute Gasteiger partial charge is 0.233 e. The lowest BCUT2D eigenvalue weighted by molar-refractivity contribution is 0.236. The fourth-order valence-corrected chi connectivity index (χ4v) is 2.90. The number of carbonyl (C=O) groups excluding carboxylic acids is 2. The Morgan fingerprint density at radius 1 is 1.05 bits per heavy atom. The van der Waals surface area contributed by atoms with Crippen molar-refractivity contribution in [2.45, 2.75) is 19.8 Å². The Hall–Kier alpha value is -2.64. The molecule has 0 aromatic carbocycles. The van der Waals surface area contributed by atoms with Crippen molar-refractivity contribution in [1.29, 1.82) is 10.5 Å². The lowest BCUT2D eigenvalue weighted by Gasteiger charge is -2.45. The van der Waals surface area contributed by atoms with Gasteiger partial charge in [0.05, 0.1) is 23.3 Å². The minimum atomic E-state index is -1.34.